The van der Waals surface area contributed by atoms with Gasteiger partial charge in [-0.15, -0.1) is 0 Å². The summed E-state index contributed by atoms with van der Waals surface area (Å²) in [7, 11) is -5.64. The Kier molecular flexibility index (Phi) is 3.51. The summed E-state index contributed by atoms with van der Waals surface area (Å²) in [6.07, 6.45) is -1.59. The van der Waals surface area contributed by atoms with Crippen molar-refractivity contribution in [1.82, 2.24) is 0 Å². The zero-order valence-electron chi connectivity index (χ0n) is 6.22. The van der Waals surface area contributed by atoms with Crippen LogP contribution in [-0.4, -0.2) is 32.6 Å². The molecule has 0 radical (unpaired) electrons. The van der Waals surface area contributed by atoms with Crippen LogP contribution >= 0.6 is 7.60 Å². The predicted octanol–water partition coefficient (Wildman–Crippen LogP) is -0.441. The molecule has 6 nitrogen and oxygen atoms in total. The van der Waals surface area contributed by atoms with Crippen LogP contribution in [0, 0.1) is 0 Å². The Morgan fingerprint density at radius 3 is 2.15 bits per heavy atom. The maximum Gasteiger partial charge on any atom is 0.394 e. The number of carboxylic acids is 1. The van der Waals surface area contributed by atoms with E-state index in [1.54, 1.807) is 0 Å². The van der Waals surface area contributed by atoms with Crippen LogP contribution in [0.1, 0.15) is 6.42 Å². The first-order valence-corrected chi connectivity index (χ1v) is 4.61. The Morgan fingerprint density at radius 2 is 1.92 bits per heavy atom. The van der Waals surface area contributed by atoms with Crippen molar-refractivity contribution in [2.75, 3.05) is 0 Å². The largest absolute Gasteiger partial charge is 0.480 e. The van der Waals surface area contributed by atoms with Crippen LogP contribution in [-0.2, 0) is 9.36 Å². The number of hydrogen-bond donors (Lipinski definition) is 4. The van der Waals surface area contributed by atoms with E-state index in [1.165, 1.54) is 0 Å². The highest BCUT2D eigenvalue weighted by molar-refractivity contribution is 7.53. The van der Waals surface area contributed by atoms with Crippen molar-refractivity contribution in [2.24, 2.45) is 5.73 Å². The van der Waals surface area contributed by atoms with Crippen LogP contribution in [0.4, 0.5) is 8.78 Å². The van der Waals surface area contributed by atoms with Crippen molar-refractivity contribution < 1.29 is 33.0 Å². The van der Waals surface area contributed by atoms with Gasteiger partial charge in [0.2, 0.25) is 0 Å². The van der Waals surface area contributed by atoms with Crippen LogP contribution in [0.3, 0.4) is 0 Å². The molecule has 0 aromatic rings. The van der Waals surface area contributed by atoms with Gasteiger partial charge in [0.25, 0.3) is 0 Å². The minimum Gasteiger partial charge on any atom is -0.480 e. The second kappa shape index (κ2) is 3.67. The van der Waals surface area contributed by atoms with Gasteiger partial charge >= 0.3 is 19.2 Å². The van der Waals surface area contributed by atoms with Crippen molar-refractivity contribution in [1.29, 1.82) is 0 Å². The summed E-state index contributed by atoms with van der Waals surface area (Å²) in [5.74, 6) is -1.74. The van der Waals surface area contributed by atoms with Gasteiger partial charge in [-0.2, -0.15) is 8.78 Å². The molecule has 78 valence electrons. The molecule has 0 saturated carbocycles. The molecule has 0 amide bonds. The van der Waals surface area contributed by atoms with E-state index in [0.29, 0.717) is 0 Å². The molecule has 5 N–H and O–H groups in total. The normalized spacial score (nSPS) is 15.5. The molecule has 0 bridgehead atoms. The van der Waals surface area contributed by atoms with Crippen LogP contribution in [0.25, 0.3) is 0 Å². The molecule has 0 rings (SSSR count). The van der Waals surface area contributed by atoms with Gasteiger partial charge in [-0.25, -0.2) is 0 Å². The van der Waals surface area contributed by atoms with Crippen molar-refractivity contribution in [2.45, 2.75) is 18.1 Å². The van der Waals surface area contributed by atoms with E-state index in [4.69, 9.17) is 14.9 Å². The molecule has 0 heterocycles. The van der Waals surface area contributed by atoms with Crippen molar-refractivity contribution in [3.63, 3.8) is 0 Å². The smallest absolute Gasteiger partial charge is 0.394 e. The topological polar surface area (TPSA) is 121 Å². The van der Waals surface area contributed by atoms with Gasteiger partial charge in [0.1, 0.15) is 6.04 Å². The summed E-state index contributed by atoms with van der Waals surface area (Å²) in [6, 6.07) is -2.00. The van der Waals surface area contributed by atoms with Gasteiger partial charge in [0.05, 0.1) is 0 Å². The van der Waals surface area contributed by atoms with Crippen molar-refractivity contribution in [3.05, 3.63) is 0 Å². The Balaban J connectivity index is 4.52. The predicted molar refractivity (Wildman–Crippen MR) is 37.2 cm³/mol. The highest BCUT2D eigenvalue weighted by atomic mass is 31.2. The number of halogens is 2. The second-order valence-electron chi connectivity index (χ2n) is 2.36. The molecule has 0 aliphatic rings. The SMILES string of the molecule is N[C@@H](CC(F)(F)P(=O)(O)O)C(=O)O. The lowest BCUT2D eigenvalue weighted by Crippen LogP contribution is -2.36. The number of hydrogen-bond acceptors (Lipinski definition) is 3. The summed E-state index contributed by atoms with van der Waals surface area (Å²) < 4.78 is 35.0. The van der Waals surface area contributed by atoms with E-state index in [-0.39, 0.29) is 0 Å². The number of aliphatic carboxylic acids is 1. The third-order valence-electron chi connectivity index (χ3n) is 1.21. The molecule has 0 unspecified atom stereocenters. The fraction of sp³-hybridized carbons (Fsp3) is 0.750. The monoisotopic (exact) mass is 219 g/mol. The second-order valence-corrected chi connectivity index (χ2v) is 4.10. The number of rotatable bonds is 4. The van der Waals surface area contributed by atoms with E-state index in [9.17, 15) is 18.1 Å². The molecule has 0 spiro atoms. The zero-order chi connectivity index (χ0) is 10.9. The van der Waals surface area contributed by atoms with Crippen LogP contribution < -0.4 is 5.73 Å². The lowest BCUT2D eigenvalue weighted by Gasteiger charge is -2.18. The molecule has 9 heteroatoms. The molecule has 0 aromatic heterocycles. The third-order valence-corrected chi connectivity index (χ3v) is 2.24. The Morgan fingerprint density at radius 1 is 1.54 bits per heavy atom. The van der Waals surface area contributed by atoms with Gasteiger partial charge < -0.3 is 20.6 Å². The average molecular weight is 219 g/mol. The first-order chi connectivity index (χ1) is 5.58. The zero-order valence-corrected chi connectivity index (χ0v) is 7.12. The van der Waals surface area contributed by atoms with Crippen molar-refractivity contribution in [3.8, 4) is 0 Å². The molecular formula is C4H8F2NO5P. The molecule has 0 aromatic carbocycles. The van der Waals surface area contributed by atoms with Gasteiger partial charge in [0.15, 0.2) is 0 Å². The van der Waals surface area contributed by atoms with Crippen LogP contribution in [0.5, 0.6) is 0 Å². The third kappa shape index (κ3) is 3.35. The lowest BCUT2D eigenvalue weighted by atomic mass is 10.2. The quantitative estimate of drug-likeness (QED) is 0.475. The Bertz CT molecular complexity index is 251. The number of carboxylic acid groups (broad SMARTS) is 1. The molecule has 13 heavy (non-hydrogen) atoms. The minimum absolute atomic E-state index is 1.59. The van der Waals surface area contributed by atoms with Crippen molar-refractivity contribution >= 4 is 13.6 Å². The lowest BCUT2D eigenvalue weighted by molar-refractivity contribution is -0.140. The van der Waals surface area contributed by atoms with E-state index in [1.807, 2.05) is 0 Å². The molecule has 1 atom stereocenters. The molecule has 0 aliphatic heterocycles. The average Bonchev–Trinajstić information content (AvgIpc) is 1.83. The standard InChI is InChI=1S/C4H8F2NO5P/c5-4(6,13(10,11)12)1-2(7)3(8)9/h2H,1,7H2,(H,8,9)(H2,10,11,12)/t2-/m0/s1. The summed E-state index contributed by atoms with van der Waals surface area (Å²) in [6.45, 7) is 0. The highest BCUT2D eigenvalue weighted by Gasteiger charge is 2.50. The maximum absolute atomic E-state index is 12.4. The van der Waals surface area contributed by atoms with E-state index >= 15 is 0 Å². The molecule has 0 aliphatic carbocycles. The van der Waals surface area contributed by atoms with Gasteiger partial charge in [-0.1, -0.05) is 0 Å². The molecule has 0 fully saturated rings. The Hall–Kier alpha value is -0.560. The summed E-state index contributed by atoms with van der Waals surface area (Å²) in [4.78, 5) is 26.2. The number of alkyl halides is 2. The van der Waals surface area contributed by atoms with Gasteiger partial charge in [-0.3, -0.25) is 9.36 Å². The maximum atomic E-state index is 12.4. The molecule has 0 saturated heterocycles. The van der Waals surface area contributed by atoms with E-state index in [0.717, 1.165) is 0 Å². The van der Waals surface area contributed by atoms with E-state index in [2.05, 4.69) is 5.73 Å². The van der Waals surface area contributed by atoms with Crippen LogP contribution in [0.15, 0.2) is 0 Å². The fourth-order valence-electron chi connectivity index (χ4n) is 0.471. The highest BCUT2D eigenvalue weighted by Crippen LogP contribution is 2.54. The first-order valence-electron chi connectivity index (χ1n) is 3.00. The Labute approximate surface area is 71.5 Å². The first kappa shape index (κ1) is 12.4. The summed E-state index contributed by atoms with van der Waals surface area (Å²) in [5.41, 5.74) is 0.278. The van der Waals surface area contributed by atoms with Gasteiger partial charge in [0, 0.05) is 6.42 Å². The summed E-state index contributed by atoms with van der Waals surface area (Å²) in [5, 5.41) is 8.10. The molecular weight excluding hydrogens is 211 g/mol. The van der Waals surface area contributed by atoms with E-state index < -0.39 is 31.7 Å². The minimum atomic E-state index is -5.64. The van der Waals surface area contributed by atoms with Crippen LogP contribution in [0.2, 0.25) is 0 Å². The van der Waals surface area contributed by atoms with Gasteiger partial charge in [-0.05, 0) is 0 Å². The summed E-state index contributed by atoms with van der Waals surface area (Å²) >= 11 is 0. The number of carbonyl (C=O) groups is 1. The number of nitrogens with two attached hydrogens (primary N) is 1. The fourth-order valence-corrected chi connectivity index (χ4v) is 0.905.